The van der Waals surface area contributed by atoms with Gasteiger partial charge in [-0.15, -0.1) is 0 Å². The van der Waals surface area contributed by atoms with Gasteiger partial charge in [0.2, 0.25) is 0 Å². The molecule has 18 heavy (non-hydrogen) atoms. The maximum Gasteiger partial charge on any atom is 0.166 e. The second-order valence-electron chi connectivity index (χ2n) is 3.83. The number of Topliss-reactive ketones (excluding diaryl/α,β-unsaturated/α-hetero) is 1. The topological polar surface area (TPSA) is 55.0 Å². The first-order valence-corrected chi connectivity index (χ1v) is 6.98. The average molecular weight is 264 g/mol. The summed E-state index contributed by atoms with van der Waals surface area (Å²) in [7, 11) is 0. The first kappa shape index (κ1) is 13.0. The Bertz CT molecular complexity index is 551. The van der Waals surface area contributed by atoms with E-state index < -0.39 is 0 Å². The third kappa shape index (κ3) is 3.04. The van der Waals surface area contributed by atoms with Gasteiger partial charge in [0.1, 0.15) is 11.5 Å². The van der Waals surface area contributed by atoms with Gasteiger partial charge in [-0.2, -0.15) is 0 Å². The number of rotatable bonds is 6. The summed E-state index contributed by atoms with van der Waals surface area (Å²) in [5, 5.41) is 0.778. The van der Waals surface area contributed by atoms with Crippen LogP contribution in [0.15, 0.2) is 23.4 Å². The van der Waals surface area contributed by atoms with Gasteiger partial charge in [-0.1, -0.05) is 18.7 Å². The molecule has 0 bridgehead atoms. The molecule has 0 spiro atoms. The van der Waals surface area contributed by atoms with Crippen molar-refractivity contribution >= 4 is 28.6 Å². The van der Waals surface area contributed by atoms with Crippen molar-refractivity contribution in [3.63, 3.8) is 0 Å². The van der Waals surface area contributed by atoms with Crippen LogP contribution in [0.1, 0.15) is 20.3 Å². The van der Waals surface area contributed by atoms with Gasteiger partial charge >= 0.3 is 0 Å². The van der Waals surface area contributed by atoms with Crippen LogP contribution in [0.4, 0.5) is 0 Å². The monoisotopic (exact) mass is 264 g/mol. The third-order valence-corrected chi connectivity index (χ3v) is 3.44. The predicted octanol–water partition coefficient (Wildman–Crippen LogP) is 3.03. The summed E-state index contributed by atoms with van der Waals surface area (Å²) in [5.41, 5.74) is 1.83. The van der Waals surface area contributed by atoms with Crippen molar-refractivity contribution in [2.24, 2.45) is 0 Å². The van der Waals surface area contributed by atoms with E-state index in [2.05, 4.69) is 9.97 Å². The molecular formula is C13H16N2O2S. The fourth-order valence-electron chi connectivity index (χ4n) is 1.54. The zero-order valence-electron chi connectivity index (χ0n) is 10.5. The summed E-state index contributed by atoms with van der Waals surface area (Å²) in [6.07, 6.45) is 0.571. The average Bonchev–Trinajstić information content (AvgIpc) is 2.78. The number of benzene rings is 1. The van der Waals surface area contributed by atoms with Crippen LogP contribution < -0.4 is 4.74 Å². The molecule has 0 atom stereocenters. The van der Waals surface area contributed by atoms with Gasteiger partial charge in [0, 0.05) is 12.5 Å². The van der Waals surface area contributed by atoms with Crippen molar-refractivity contribution in [1.29, 1.82) is 0 Å². The van der Waals surface area contributed by atoms with Crippen molar-refractivity contribution < 1.29 is 9.53 Å². The molecule has 1 N–H and O–H groups in total. The Morgan fingerprint density at radius 1 is 1.44 bits per heavy atom. The number of H-pyrrole nitrogens is 1. The number of nitrogens with zero attached hydrogens (tertiary/aromatic N) is 1. The summed E-state index contributed by atoms with van der Waals surface area (Å²) >= 11 is 1.44. The fourth-order valence-corrected chi connectivity index (χ4v) is 2.39. The van der Waals surface area contributed by atoms with Gasteiger partial charge in [-0.25, -0.2) is 4.98 Å². The fraction of sp³-hybridized carbons (Fsp3) is 0.385. The van der Waals surface area contributed by atoms with Crippen molar-refractivity contribution in [2.75, 3.05) is 12.4 Å². The maximum atomic E-state index is 11.3. The van der Waals surface area contributed by atoms with Crippen LogP contribution in [0.25, 0.3) is 11.0 Å². The van der Waals surface area contributed by atoms with Crippen LogP contribution in [0.2, 0.25) is 0 Å². The Balaban J connectivity index is 2.14. The van der Waals surface area contributed by atoms with E-state index in [4.69, 9.17) is 4.74 Å². The smallest absolute Gasteiger partial charge is 0.166 e. The molecule has 0 amide bonds. The molecule has 0 saturated heterocycles. The van der Waals surface area contributed by atoms with E-state index in [1.165, 1.54) is 11.8 Å². The molecule has 2 rings (SSSR count). The second-order valence-corrected chi connectivity index (χ2v) is 4.80. The van der Waals surface area contributed by atoms with Crippen molar-refractivity contribution in [3.05, 3.63) is 18.2 Å². The molecule has 96 valence electrons. The summed E-state index contributed by atoms with van der Waals surface area (Å²) < 4.78 is 5.43. The van der Waals surface area contributed by atoms with Gasteiger partial charge in [-0.3, -0.25) is 4.79 Å². The van der Waals surface area contributed by atoms with Gasteiger partial charge in [0.05, 0.1) is 23.4 Å². The number of ether oxygens (including phenoxy) is 1. The van der Waals surface area contributed by atoms with E-state index in [1.54, 1.807) is 0 Å². The zero-order valence-corrected chi connectivity index (χ0v) is 11.3. The van der Waals surface area contributed by atoms with Crippen molar-refractivity contribution in [3.8, 4) is 5.75 Å². The summed E-state index contributed by atoms with van der Waals surface area (Å²) in [6, 6.07) is 5.75. The Morgan fingerprint density at radius 3 is 3.00 bits per heavy atom. The maximum absolute atomic E-state index is 11.3. The molecule has 1 aromatic carbocycles. The number of thioether (sulfide) groups is 1. The highest BCUT2D eigenvalue weighted by molar-refractivity contribution is 7.99. The molecule has 0 radical (unpaired) electrons. The van der Waals surface area contributed by atoms with Crippen LogP contribution in [0, 0.1) is 0 Å². The molecule has 0 saturated carbocycles. The number of carbonyl (C=O) groups is 1. The highest BCUT2D eigenvalue weighted by Gasteiger charge is 2.06. The SMILES string of the molecule is CCOc1ccc2nc(SCC(=O)CC)[nH]c2c1. The van der Waals surface area contributed by atoms with Crippen LogP contribution in [0.3, 0.4) is 0 Å². The summed E-state index contributed by atoms with van der Waals surface area (Å²) in [5.74, 6) is 1.53. The molecule has 0 fully saturated rings. The van der Waals surface area contributed by atoms with E-state index in [-0.39, 0.29) is 5.78 Å². The molecule has 0 aliphatic carbocycles. The molecule has 2 aromatic rings. The first-order chi connectivity index (χ1) is 8.72. The minimum absolute atomic E-state index is 0.232. The highest BCUT2D eigenvalue weighted by Crippen LogP contribution is 2.23. The van der Waals surface area contributed by atoms with Gasteiger partial charge in [0.25, 0.3) is 0 Å². The van der Waals surface area contributed by atoms with Crippen molar-refractivity contribution in [2.45, 2.75) is 25.4 Å². The Kier molecular flexibility index (Phi) is 4.25. The van der Waals surface area contributed by atoms with Crippen LogP contribution in [-0.2, 0) is 4.79 Å². The van der Waals surface area contributed by atoms with Crippen LogP contribution in [0.5, 0.6) is 5.75 Å². The molecular weight excluding hydrogens is 248 g/mol. The molecule has 1 aromatic heterocycles. The zero-order chi connectivity index (χ0) is 13.0. The normalized spacial score (nSPS) is 10.8. The number of hydrogen-bond acceptors (Lipinski definition) is 4. The lowest BCUT2D eigenvalue weighted by atomic mass is 10.3. The quantitative estimate of drug-likeness (QED) is 0.815. The molecule has 4 nitrogen and oxygen atoms in total. The molecule has 0 aliphatic rings. The predicted molar refractivity (Wildman–Crippen MR) is 73.3 cm³/mol. The number of aromatic nitrogens is 2. The number of hydrogen-bond donors (Lipinski definition) is 1. The minimum atomic E-state index is 0.232. The third-order valence-electron chi connectivity index (χ3n) is 2.51. The van der Waals surface area contributed by atoms with Crippen molar-refractivity contribution in [1.82, 2.24) is 9.97 Å². The summed E-state index contributed by atoms with van der Waals surface area (Å²) in [4.78, 5) is 18.9. The lowest BCUT2D eigenvalue weighted by molar-refractivity contribution is -0.116. The number of fused-ring (bicyclic) bond motifs is 1. The standard InChI is InChI=1S/C13H16N2O2S/c1-3-9(16)8-18-13-14-11-6-5-10(17-4-2)7-12(11)15-13/h5-7H,3-4,8H2,1-2H3,(H,14,15). The van der Waals surface area contributed by atoms with Gasteiger partial charge in [-0.05, 0) is 19.1 Å². The molecule has 1 heterocycles. The summed E-state index contributed by atoms with van der Waals surface area (Å²) in [6.45, 7) is 4.47. The van der Waals surface area contributed by atoms with E-state index in [0.717, 1.165) is 21.9 Å². The van der Waals surface area contributed by atoms with E-state index in [0.29, 0.717) is 18.8 Å². The number of carbonyl (C=O) groups excluding carboxylic acids is 1. The Labute approximate surface area is 110 Å². The minimum Gasteiger partial charge on any atom is -0.494 e. The van der Waals surface area contributed by atoms with Crippen LogP contribution >= 0.6 is 11.8 Å². The van der Waals surface area contributed by atoms with E-state index in [9.17, 15) is 4.79 Å². The van der Waals surface area contributed by atoms with E-state index in [1.807, 2.05) is 32.0 Å². The molecule has 5 heteroatoms. The van der Waals surface area contributed by atoms with Crippen LogP contribution in [-0.4, -0.2) is 28.1 Å². The second kappa shape index (κ2) is 5.91. The van der Waals surface area contributed by atoms with E-state index >= 15 is 0 Å². The molecule has 0 aliphatic heterocycles. The lowest BCUT2D eigenvalue weighted by Gasteiger charge is -2.00. The van der Waals surface area contributed by atoms with Gasteiger partial charge < -0.3 is 9.72 Å². The number of imidazole rings is 1. The number of aromatic amines is 1. The first-order valence-electron chi connectivity index (χ1n) is 6.00. The number of ketones is 1. The lowest BCUT2D eigenvalue weighted by Crippen LogP contribution is -1.98. The highest BCUT2D eigenvalue weighted by atomic mass is 32.2. The largest absolute Gasteiger partial charge is 0.494 e. The Hall–Kier alpha value is -1.49. The molecule has 0 unspecified atom stereocenters. The number of nitrogens with one attached hydrogen (secondary N) is 1. The van der Waals surface area contributed by atoms with Gasteiger partial charge in [0.15, 0.2) is 5.16 Å². The Morgan fingerprint density at radius 2 is 2.28 bits per heavy atom.